The number of nitrogens with zero attached hydrogens (tertiary/aromatic N) is 1. The molecule has 0 saturated heterocycles. The van der Waals surface area contributed by atoms with Crippen LogP contribution in [0, 0.1) is 0 Å². The zero-order valence-corrected chi connectivity index (χ0v) is 24.7. The number of benzene rings is 1. The molecule has 2 aromatic rings. The van der Waals surface area contributed by atoms with Gasteiger partial charge < -0.3 is 30.0 Å². The molecule has 0 saturated carbocycles. The summed E-state index contributed by atoms with van der Waals surface area (Å²) in [6, 6.07) is 6.21. The molecule has 3 amide bonds. The summed E-state index contributed by atoms with van der Waals surface area (Å²) in [5, 5.41) is 9.27. The topological polar surface area (TPSA) is 128 Å². The highest BCUT2D eigenvalue weighted by molar-refractivity contribution is 5.91. The van der Waals surface area contributed by atoms with Gasteiger partial charge in [-0.15, -0.1) is 13.2 Å². The minimum Gasteiger partial charge on any atom is -0.467 e. The summed E-state index contributed by atoms with van der Waals surface area (Å²) in [5.41, 5.74) is 1.50. The Labute approximate surface area is 242 Å². The minimum absolute atomic E-state index is 0.180. The summed E-state index contributed by atoms with van der Waals surface area (Å²) >= 11 is 0. The lowest BCUT2D eigenvalue weighted by Gasteiger charge is -2.22. The Kier molecular flexibility index (Phi) is 13.1. The lowest BCUT2D eigenvalue weighted by molar-refractivity contribution is -0.145. The number of aromatic nitrogens is 1. The van der Waals surface area contributed by atoms with Crippen LogP contribution in [-0.4, -0.2) is 59.8 Å². The smallest absolute Gasteiger partial charge is 0.407 e. The Morgan fingerprint density at radius 2 is 1.76 bits per heavy atom. The molecule has 2 rings (SSSR count). The van der Waals surface area contributed by atoms with E-state index in [1.54, 1.807) is 20.8 Å². The van der Waals surface area contributed by atoms with E-state index in [9.17, 15) is 19.2 Å². The summed E-state index contributed by atoms with van der Waals surface area (Å²) in [5.74, 6) is -1.37. The summed E-state index contributed by atoms with van der Waals surface area (Å²) in [6.07, 6.45) is 7.12. The van der Waals surface area contributed by atoms with Crippen LogP contribution in [0.15, 0.2) is 55.8 Å². The maximum Gasteiger partial charge on any atom is 0.407 e. The van der Waals surface area contributed by atoms with Crippen LogP contribution in [0.4, 0.5) is 4.79 Å². The van der Waals surface area contributed by atoms with Crippen LogP contribution in [0.3, 0.4) is 0 Å². The van der Waals surface area contributed by atoms with Crippen molar-refractivity contribution < 1.29 is 28.7 Å². The van der Waals surface area contributed by atoms with Crippen LogP contribution in [0.5, 0.6) is 0 Å². The van der Waals surface area contributed by atoms with Gasteiger partial charge in [0.2, 0.25) is 11.8 Å². The van der Waals surface area contributed by atoms with Gasteiger partial charge in [-0.3, -0.25) is 9.59 Å². The van der Waals surface area contributed by atoms with Crippen molar-refractivity contribution in [3.63, 3.8) is 0 Å². The maximum atomic E-state index is 13.2. The van der Waals surface area contributed by atoms with E-state index in [1.807, 2.05) is 36.5 Å². The summed E-state index contributed by atoms with van der Waals surface area (Å²) in [4.78, 5) is 50.2. The number of carbonyl (C=O) groups excluding carboxylic acids is 4. The van der Waals surface area contributed by atoms with Crippen LogP contribution in [0.25, 0.3) is 10.9 Å². The molecule has 0 radical (unpaired) electrons. The van der Waals surface area contributed by atoms with Crippen LogP contribution in [0.2, 0.25) is 0 Å². The number of esters is 1. The third-order valence-corrected chi connectivity index (χ3v) is 6.26. The van der Waals surface area contributed by atoms with Crippen molar-refractivity contribution in [2.75, 3.05) is 13.7 Å². The quantitative estimate of drug-likeness (QED) is 0.158. The Bertz CT molecular complexity index is 1210. The molecular formula is C31H44N4O6. The first-order valence-corrected chi connectivity index (χ1v) is 13.9. The standard InChI is InChI=1S/C31H44N4O6/c1-7-13-25(29(38)40-6)34-28(37)24(15-11-12-19-32-30(39)41-31(3,4)5)33-27(36)18-17-22-21-35(20-8-2)26-16-10-9-14-23(22)26/h7-10,14,16,21,24-25H,1-2,11-13,15,17-20H2,3-6H3,(H,32,39)(H,33,36)(H,34,37)/t24-,25-/m0/s1. The molecule has 3 N–H and O–H groups in total. The van der Waals surface area contributed by atoms with Crippen molar-refractivity contribution in [1.82, 2.24) is 20.5 Å². The van der Waals surface area contributed by atoms with Crippen molar-refractivity contribution in [3.05, 3.63) is 61.3 Å². The first-order chi connectivity index (χ1) is 19.5. The van der Waals surface area contributed by atoms with Gasteiger partial charge in [-0.2, -0.15) is 0 Å². The number of hydrogen-bond donors (Lipinski definition) is 3. The number of ether oxygens (including phenoxy) is 2. The molecule has 2 atom stereocenters. The maximum absolute atomic E-state index is 13.2. The monoisotopic (exact) mass is 568 g/mol. The molecule has 0 unspecified atom stereocenters. The van der Waals surface area contributed by atoms with E-state index < -0.39 is 35.7 Å². The average Bonchev–Trinajstić information content (AvgIpc) is 3.26. The number of carbonyl (C=O) groups is 4. The van der Waals surface area contributed by atoms with Crippen molar-refractivity contribution in [2.24, 2.45) is 0 Å². The third kappa shape index (κ3) is 11.1. The number of nitrogens with one attached hydrogen (secondary N) is 3. The molecule has 0 fully saturated rings. The van der Waals surface area contributed by atoms with Gasteiger partial charge >= 0.3 is 12.1 Å². The van der Waals surface area contributed by atoms with E-state index >= 15 is 0 Å². The number of methoxy groups -OCH3 is 1. The van der Waals surface area contributed by atoms with Gasteiger partial charge in [-0.1, -0.05) is 30.4 Å². The molecule has 0 spiro atoms. The van der Waals surface area contributed by atoms with Gasteiger partial charge in [-0.25, -0.2) is 9.59 Å². The Morgan fingerprint density at radius 3 is 2.41 bits per heavy atom. The number of fused-ring (bicyclic) bond motifs is 1. The number of para-hydroxylation sites is 1. The van der Waals surface area contributed by atoms with Gasteiger partial charge in [0.1, 0.15) is 17.7 Å². The number of alkyl carbamates (subject to hydrolysis) is 1. The molecule has 0 bridgehead atoms. The fourth-order valence-corrected chi connectivity index (χ4v) is 4.37. The highest BCUT2D eigenvalue weighted by Gasteiger charge is 2.26. The van der Waals surface area contributed by atoms with E-state index in [2.05, 4.69) is 33.7 Å². The average molecular weight is 569 g/mol. The van der Waals surface area contributed by atoms with Crippen LogP contribution in [0.1, 0.15) is 58.4 Å². The molecule has 41 heavy (non-hydrogen) atoms. The first kappa shape index (κ1) is 33.1. The zero-order chi connectivity index (χ0) is 30.4. The molecule has 1 heterocycles. The number of amides is 3. The Balaban J connectivity index is 2.04. The number of allylic oxidation sites excluding steroid dienone is 1. The normalized spacial score (nSPS) is 12.6. The van der Waals surface area contributed by atoms with Crippen LogP contribution < -0.4 is 16.0 Å². The molecule has 10 heteroatoms. The van der Waals surface area contributed by atoms with Crippen molar-refractivity contribution in [1.29, 1.82) is 0 Å². The molecule has 0 aliphatic heterocycles. The van der Waals surface area contributed by atoms with E-state index in [-0.39, 0.29) is 18.7 Å². The Morgan fingerprint density at radius 1 is 1.02 bits per heavy atom. The molecule has 224 valence electrons. The first-order valence-electron chi connectivity index (χ1n) is 13.9. The third-order valence-electron chi connectivity index (χ3n) is 6.26. The highest BCUT2D eigenvalue weighted by Crippen LogP contribution is 2.22. The largest absolute Gasteiger partial charge is 0.467 e. The zero-order valence-electron chi connectivity index (χ0n) is 24.7. The molecule has 0 aliphatic rings. The minimum atomic E-state index is -0.908. The number of aryl methyl sites for hydroxylation is 1. The number of hydrogen-bond acceptors (Lipinski definition) is 6. The highest BCUT2D eigenvalue weighted by atomic mass is 16.6. The van der Waals surface area contributed by atoms with Crippen molar-refractivity contribution in [3.8, 4) is 0 Å². The summed E-state index contributed by atoms with van der Waals surface area (Å²) < 4.78 is 12.1. The Hall–Kier alpha value is -4.08. The van der Waals surface area contributed by atoms with Crippen molar-refractivity contribution in [2.45, 2.75) is 83.5 Å². The van der Waals surface area contributed by atoms with Gasteiger partial charge in [0.15, 0.2) is 0 Å². The van der Waals surface area contributed by atoms with Gasteiger partial charge in [-0.05, 0) is 64.5 Å². The molecule has 10 nitrogen and oxygen atoms in total. The molecular weight excluding hydrogens is 524 g/mol. The van der Waals surface area contributed by atoms with E-state index in [0.717, 1.165) is 16.5 Å². The lowest BCUT2D eigenvalue weighted by Crippen LogP contribution is -2.51. The number of unbranched alkanes of at least 4 members (excludes halogenated alkanes) is 1. The fourth-order valence-electron chi connectivity index (χ4n) is 4.37. The van der Waals surface area contributed by atoms with Crippen LogP contribution >= 0.6 is 0 Å². The predicted molar refractivity (Wildman–Crippen MR) is 159 cm³/mol. The van der Waals surface area contributed by atoms with E-state index in [0.29, 0.717) is 38.8 Å². The SMILES string of the molecule is C=CC[C@H](NC(=O)[C@H](CCCCNC(=O)OC(C)(C)C)NC(=O)CCc1cn(CC=C)c2ccccc12)C(=O)OC. The second-order valence-electron chi connectivity index (χ2n) is 10.8. The second kappa shape index (κ2) is 16.2. The summed E-state index contributed by atoms with van der Waals surface area (Å²) in [7, 11) is 1.24. The second-order valence-corrected chi connectivity index (χ2v) is 10.8. The number of rotatable bonds is 16. The van der Waals surface area contributed by atoms with Gasteiger partial charge in [0, 0.05) is 36.6 Å². The van der Waals surface area contributed by atoms with E-state index in [1.165, 1.54) is 13.2 Å². The van der Waals surface area contributed by atoms with E-state index in [4.69, 9.17) is 9.47 Å². The summed E-state index contributed by atoms with van der Waals surface area (Å²) in [6.45, 7) is 13.8. The van der Waals surface area contributed by atoms with Crippen molar-refractivity contribution >= 4 is 34.8 Å². The predicted octanol–water partition coefficient (Wildman–Crippen LogP) is 4.17. The molecule has 0 aliphatic carbocycles. The molecule has 1 aromatic carbocycles. The lowest BCUT2D eigenvalue weighted by atomic mass is 10.1. The van der Waals surface area contributed by atoms with Gasteiger partial charge in [0.05, 0.1) is 7.11 Å². The molecule has 1 aromatic heterocycles. The fraction of sp³-hybridized carbons (Fsp3) is 0.484. The van der Waals surface area contributed by atoms with Gasteiger partial charge in [0.25, 0.3) is 0 Å². The van der Waals surface area contributed by atoms with Crippen LogP contribution in [-0.2, 0) is 36.8 Å².